The topological polar surface area (TPSA) is 85.3 Å². The third kappa shape index (κ3) is 1.86. The van der Waals surface area contributed by atoms with E-state index in [1.165, 1.54) is 10.9 Å². The summed E-state index contributed by atoms with van der Waals surface area (Å²) < 4.78 is 6.38. The Bertz CT molecular complexity index is 865. The van der Waals surface area contributed by atoms with Crippen molar-refractivity contribution in [2.24, 2.45) is 0 Å². The van der Waals surface area contributed by atoms with E-state index in [4.69, 9.17) is 21.1 Å². The zero-order valence-corrected chi connectivity index (χ0v) is 10.2. The number of aromatic nitrogens is 2. The molecule has 3 aromatic rings. The predicted molar refractivity (Wildman–Crippen MR) is 68.4 cm³/mol. The molecule has 0 saturated carbocycles. The number of hydrogen-bond acceptors (Lipinski definition) is 4. The highest BCUT2D eigenvalue weighted by Crippen LogP contribution is 2.25. The highest BCUT2D eigenvalue weighted by atomic mass is 35.5. The van der Waals surface area contributed by atoms with Gasteiger partial charge in [0.25, 0.3) is 0 Å². The van der Waals surface area contributed by atoms with Crippen LogP contribution in [0.2, 0.25) is 5.02 Å². The van der Waals surface area contributed by atoms with Crippen molar-refractivity contribution in [1.29, 1.82) is 0 Å². The van der Waals surface area contributed by atoms with Crippen LogP contribution in [0.1, 0.15) is 0 Å². The lowest BCUT2D eigenvalue weighted by molar-refractivity contribution is -0.137. The molecule has 3 rings (SSSR count). The Morgan fingerprint density at radius 1 is 1.42 bits per heavy atom. The number of carbonyl (C=O) groups is 1. The van der Waals surface area contributed by atoms with E-state index in [0.29, 0.717) is 21.5 Å². The minimum atomic E-state index is -1.05. The second-order valence-corrected chi connectivity index (χ2v) is 4.42. The van der Waals surface area contributed by atoms with Gasteiger partial charge in [0.1, 0.15) is 17.5 Å². The average molecular weight is 279 g/mol. The second-order valence-electron chi connectivity index (χ2n) is 3.99. The Hall–Kier alpha value is -2.34. The second kappa shape index (κ2) is 4.10. The number of hydrogen-bond donors (Lipinski definition) is 1. The highest BCUT2D eigenvalue weighted by Gasteiger charge is 2.14. The Morgan fingerprint density at radius 2 is 2.21 bits per heavy atom. The molecule has 0 saturated heterocycles. The van der Waals surface area contributed by atoms with Crippen molar-refractivity contribution in [2.45, 2.75) is 6.54 Å². The first-order valence-corrected chi connectivity index (χ1v) is 5.74. The van der Waals surface area contributed by atoms with Crippen molar-refractivity contribution < 1.29 is 14.3 Å². The van der Waals surface area contributed by atoms with E-state index < -0.39 is 11.6 Å². The van der Waals surface area contributed by atoms with Crippen LogP contribution in [-0.2, 0) is 11.3 Å². The summed E-state index contributed by atoms with van der Waals surface area (Å²) in [6, 6.07) is 4.77. The number of carboxylic acid groups (broad SMARTS) is 1. The van der Waals surface area contributed by atoms with Crippen molar-refractivity contribution in [3.63, 3.8) is 0 Å². The number of benzene rings is 1. The Labute approximate surface area is 110 Å². The van der Waals surface area contributed by atoms with Crippen LogP contribution in [0.4, 0.5) is 0 Å². The summed E-state index contributed by atoms with van der Waals surface area (Å²) in [5, 5.41) is 14.0. The van der Waals surface area contributed by atoms with Gasteiger partial charge in [0.15, 0.2) is 0 Å². The van der Waals surface area contributed by atoms with E-state index in [2.05, 4.69) is 5.10 Å². The van der Waals surface area contributed by atoms with E-state index in [1.807, 2.05) is 0 Å². The fraction of sp³-hybridized carbons (Fsp3) is 0.0833. The standard InChI is InChI=1S/C12H7ClN2O4/c13-6-1-2-9-7(3-6)11-8(12(18)19-9)4-14-15(11)5-10(16)17/h1-4H,5H2,(H,16,17). The predicted octanol–water partition coefficient (Wildman–Crippen LogP) is 1.88. The molecule has 0 amide bonds. The first-order chi connectivity index (χ1) is 9.06. The molecule has 0 spiro atoms. The van der Waals surface area contributed by atoms with Gasteiger partial charge in [0.05, 0.1) is 11.7 Å². The van der Waals surface area contributed by atoms with Gasteiger partial charge in [-0.05, 0) is 18.2 Å². The Kier molecular flexibility index (Phi) is 2.53. The molecule has 0 atom stereocenters. The van der Waals surface area contributed by atoms with E-state index in [9.17, 15) is 9.59 Å². The summed E-state index contributed by atoms with van der Waals surface area (Å²) in [6.45, 7) is -0.339. The first-order valence-electron chi connectivity index (χ1n) is 5.36. The van der Waals surface area contributed by atoms with Gasteiger partial charge < -0.3 is 9.52 Å². The number of rotatable bonds is 2. The molecule has 1 N–H and O–H groups in total. The minimum Gasteiger partial charge on any atom is -0.480 e. The highest BCUT2D eigenvalue weighted by molar-refractivity contribution is 6.31. The minimum absolute atomic E-state index is 0.232. The summed E-state index contributed by atoms with van der Waals surface area (Å²) >= 11 is 5.92. The molecular weight excluding hydrogens is 272 g/mol. The molecule has 6 nitrogen and oxygen atoms in total. The maximum atomic E-state index is 11.8. The van der Waals surface area contributed by atoms with Crippen LogP contribution >= 0.6 is 11.6 Å². The van der Waals surface area contributed by atoms with Crippen LogP contribution in [0.15, 0.2) is 33.6 Å². The van der Waals surface area contributed by atoms with E-state index in [1.54, 1.807) is 18.2 Å². The van der Waals surface area contributed by atoms with Gasteiger partial charge in [-0.1, -0.05) is 11.6 Å². The van der Waals surface area contributed by atoms with Crippen LogP contribution in [0.5, 0.6) is 0 Å². The largest absolute Gasteiger partial charge is 0.480 e. The molecule has 1 aromatic carbocycles. The molecule has 19 heavy (non-hydrogen) atoms. The number of aliphatic carboxylic acids is 1. The molecule has 7 heteroatoms. The van der Waals surface area contributed by atoms with Crippen LogP contribution in [0, 0.1) is 0 Å². The summed E-state index contributed by atoms with van der Waals surface area (Å²) in [5.41, 5.74) is 0.201. The van der Waals surface area contributed by atoms with Crippen LogP contribution in [-0.4, -0.2) is 20.9 Å². The average Bonchev–Trinajstić information content (AvgIpc) is 2.74. The Balaban J connectivity index is 2.48. The molecular formula is C12H7ClN2O4. The quantitative estimate of drug-likeness (QED) is 0.723. The maximum absolute atomic E-state index is 11.8. The smallest absolute Gasteiger partial charge is 0.347 e. The van der Waals surface area contributed by atoms with Gasteiger partial charge in [-0.2, -0.15) is 5.10 Å². The normalized spacial score (nSPS) is 11.2. The summed E-state index contributed by atoms with van der Waals surface area (Å²) in [6.07, 6.45) is 1.30. The first kappa shape index (κ1) is 11.7. The van der Waals surface area contributed by atoms with E-state index in [0.717, 1.165) is 0 Å². The van der Waals surface area contributed by atoms with E-state index >= 15 is 0 Å². The Morgan fingerprint density at radius 3 is 2.95 bits per heavy atom. The fourth-order valence-corrected chi connectivity index (χ4v) is 2.17. The van der Waals surface area contributed by atoms with Crippen molar-refractivity contribution in [3.05, 3.63) is 39.8 Å². The third-order valence-corrected chi connectivity index (χ3v) is 2.98. The fourth-order valence-electron chi connectivity index (χ4n) is 2.00. The van der Waals surface area contributed by atoms with Gasteiger partial charge in [0.2, 0.25) is 0 Å². The van der Waals surface area contributed by atoms with Gasteiger partial charge in [-0.25, -0.2) is 4.79 Å². The molecule has 0 unspecified atom stereocenters. The van der Waals surface area contributed by atoms with E-state index in [-0.39, 0.29) is 11.9 Å². The number of nitrogens with zero attached hydrogens (tertiary/aromatic N) is 2. The number of halogens is 1. The van der Waals surface area contributed by atoms with Crippen LogP contribution in [0.25, 0.3) is 21.9 Å². The van der Waals surface area contributed by atoms with Gasteiger partial charge in [0, 0.05) is 10.4 Å². The van der Waals surface area contributed by atoms with Crippen LogP contribution in [0.3, 0.4) is 0 Å². The van der Waals surface area contributed by atoms with Crippen molar-refractivity contribution in [1.82, 2.24) is 9.78 Å². The van der Waals surface area contributed by atoms with Crippen molar-refractivity contribution >= 4 is 39.4 Å². The lowest BCUT2D eigenvalue weighted by atomic mass is 10.2. The molecule has 0 aliphatic heterocycles. The number of fused-ring (bicyclic) bond motifs is 3. The lowest BCUT2D eigenvalue weighted by Gasteiger charge is -2.03. The summed E-state index contributed by atoms with van der Waals surface area (Å²) in [4.78, 5) is 22.6. The van der Waals surface area contributed by atoms with Gasteiger partial charge >= 0.3 is 11.6 Å². The molecule has 0 bridgehead atoms. The number of carboxylic acids is 1. The van der Waals surface area contributed by atoms with Crippen molar-refractivity contribution in [2.75, 3.05) is 0 Å². The molecule has 0 radical (unpaired) electrons. The molecule has 0 fully saturated rings. The molecule has 2 aromatic heterocycles. The molecule has 0 aliphatic carbocycles. The molecule has 2 heterocycles. The molecule has 96 valence electrons. The monoisotopic (exact) mass is 278 g/mol. The van der Waals surface area contributed by atoms with Gasteiger partial charge in [-0.15, -0.1) is 0 Å². The summed E-state index contributed by atoms with van der Waals surface area (Å²) in [5.74, 6) is -1.05. The SMILES string of the molecule is O=C(O)Cn1ncc2c(=O)oc3ccc(Cl)cc3c21. The third-order valence-electron chi connectivity index (χ3n) is 2.74. The van der Waals surface area contributed by atoms with Gasteiger partial charge in [-0.3, -0.25) is 9.48 Å². The summed E-state index contributed by atoms with van der Waals surface area (Å²) in [7, 11) is 0. The van der Waals surface area contributed by atoms with Crippen LogP contribution < -0.4 is 5.63 Å². The lowest BCUT2D eigenvalue weighted by Crippen LogP contribution is -2.10. The van der Waals surface area contributed by atoms with Crippen molar-refractivity contribution in [3.8, 4) is 0 Å². The molecule has 0 aliphatic rings. The maximum Gasteiger partial charge on any atom is 0.347 e. The zero-order valence-electron chi connectivity index (χ0n) is 9.46. The zero-order chi connectivity index (χ0) is 13.6.